The molecule has 1 aliphatic rings. The van der Waals surface area contributed by atoms with Gasteiger partial charge >= 0.3 is 0 Å². The minimum absolute atomic E-state index is 0.227. The Labute approximate surface area is 111 Å². The maximum atomic E-state index is 11.9. The van der Waals surface area contributed by atoms with E-state index in [0.29, 0.717) is 13.1 Å². The Balaban J connectivity index is 2.23. The summed E-state index contributed by atoms with van der Waals surface area (Å²) >= 11 is 0. The minimum Gasteiger partial charge on any atom is -0.378 e. The molecule has 0 aliphatic carbocycles. The summed E-state index contributed by atoms with van der Waals surface area (Å²) in [5.74, 6) is 0. The van der Waals surface area contributed by atoms with Gasteiger partial charge in [0.25, 0.3) is 0 Å². The molecule has 5 nitrogen and oxygen atoms in total. The van der Waals surface area contributed by atoms with Crippen molar-refractivity contribution >= 4 is 10.0 Å². The minimum atomic E-state index is -3.20. The van der Waals surface area contributed by atoms with Gasteiger partial charge in [0.15, 0.2) is 0 Å². The van der Waals surface area contributed by atoms with Gasteiger partial charge in [0.1, 0.15) is 0 Å². The monoisotopic (exact) mass is 278 g/mol. The number of hydrogen-bond acceptors (Lipinski definition) is 4. The van der Waals surface area contributed by atoms with Crippen molar-refractivity contribution in [2.24, 2.45) is 0 Å². The van der Waals surface area contributed by atoms with Crippen LogP contribution in [0.5, 0.6) is 0 Å². The molecular formula is C12H26N2O3S. The third-order valence-corrected chi connectivity index (χ3v) is 5.09. The highest BCUT2D eigenvalue weighted by molar-refractivity contribution is 7.90. The Bertz CT molecular complexity index is 313. The fraction of sp³-hybridized carbons (Fsp3) is 1.00. The molecule has 0 radical (unpaired) electrons. The average Bonchev–Trinajstić information content (AvgIpc) is 2.37. The summed E-state index contributed by atoms with van der Waals surface area (Å²) in [5, 5.41) is 2.65. The highest BCUT2D eigenvalue weighted by Gasteiger charge is 2.20. The van der Waals surface area contributed by atoms with Crippen LogP contribution in [0.25, 0.3) is 0 Å². The first-order valence-electron chi connectivity index (χ1n) is 6.87. The molecule has 0 amide bonds. The van der Waals surface area contributed by atoms with Crippen molar-refractivity contribution in [1.82, 2.24) is 10.0 Å². The van der Waals surface area contributed by atoms with E-state index in [1.165, 1.54) is 6.42 Å². The second-order valence-corrected chi connectivity index (χ2v) is 7.02. The summed E-state index contributed by atoms with van der Waals surface area (Å²) in [4.78, 5) is 0. The lowest BCUT2D eigenvalue weighted by Crippen LogP contribution is -2.40. The Kier molecular flexibility index (Phi) is 7.14. The van der Waals surface area contributed by atoms with Gasteiger partial charge in [-0.1, -0.05) is 6.92 Å². The Morgan fingerprint density at radius 1 is 1.39 bits per heavy atom. The standard InChI is InChI=1S/C12H26N2O3S/c1-3-13-10-11(2)18(15,16)14-8-7-12-6-4-5-9-17-12/h11-14H,3-10H2,1-2H3. The van der Waals surface area contributed by atoms with E-state index in [4.69, 9.17) is 4.74 Å². The number of sulfonamides is 1. The van der Waals surface area contributed by atoms with Gasteiger partial charge in [0.05, 0.1) is 11.4 Å². The third kappa shape index (κ3) is 5.65. The van der Waals surface area contributed by atoms with E-state index in [1.54, 1.807) is 6.92 Å². The molecule has 18 heavy (non-hydrogen) atoms. The molecule has 0 spiro atoms. The first kappa shape index (κ1) is 15.9. The van der Waals surface area contributed by atoms with Gasteiger partial charge in [-0.2, -0.15) is 0 Å². The van der Waals surface area contributed by atoms with Crippen molar-refractivity contribution in [2.75, 3.05) is 26.2 Å². The Morgan fingerprint density at radius 3 is 2.78 bits per heavy atom. The number of ether oxygens (including phenoxy) is 1. The molecule has 1 heterocycles. The van der Waals surface area contributed by atoms with Crippen LogP contribution in [-0.2, 0) is 14.8 Å². The van der Waals surface area contributed by atoms with E-state index in [-0.39, 0.29) is 6.10 Å². The maximum absolute atomic E-state index is 11.9. The van der Waals surface area contributed by atoms with Gasteiger partial charge in [0.2, 0.25) is 10.0 Å². The lowest BCUT2D eigenvalue weighted by atomic mass is 10.1. The molecule has 0 bridgehead atoms. The number of nitrogens with one attached hydrogen (secondary N) is 2. The molecule has 2 atom stereocenters. The van der Waals surface area contributed by atoms with E-state index < -0.39 is 15.3 Å². The van der Waals surface area contributed by atoms with Crippen molar-refractivity contribution in [3.8, 4) is 0 Å². The Hall–Kier alpha value is -0.170. The second-order valence-electron chi connectivity index (χ2n) is 4.83. The smallest absolute Gasteiger partial charge is 0.215 e. The van der Waals surface area contributed by atoms with Crippen molar-refractivity contribution in [2.45, 2.75) is 50.9 Å². The Morgan fingerprint density at radius 2 is 2.17 bits per heavy atom. The van der Waals surface area contributed by atoms with E-state index in [2.05, 4.69) is 10.0 Å². The van der Waals surface area contributed by atoms with Crippen molar-refractivity contribution in [3.63, 3.8) is 0 Å². The van der Waals surface area contributed by atoms with Crippen LogP contribution >= 0.6 is 0 Å². The van der Waals surface area contributed by atoms with Gasteiger partial charge in [-0.15, -0.1) is 0 Å². The number of hydrogen-bond donors (Lipinski definition) is 2. The SMILES string of the molecule is CCNCC(C)S(=O)(=O)NCCC1CCCCO1. The van der Waals surface area contributed by atoms with Gasteiger partial charge in [0, 0.05) is 19.7 Å². The van der Waals surface area contributed by atoms with Crippen LogP contribution in [0, 0.1) is 0 Å². The highest BCUT2D eigenvalue weighted by Crippen LogP contribution is 2.15. The molecule has 0 aromatic carbocycles. The summed E-state index contributed by atoms with van der Waals surface area (Å²) in [6.07, 6.45) is 4.36. The lowest BCUT2D eigenvalue weighted by Gasteiger charge is -2.23. The summed E-state index contributed by atoms with van der Waals surface area (Å²) in [6.45, 7) is 6.26. The average molecular weight is 278 g/mol. The van der Waals surface area contributed by atoms with Gasteiger partial charge < -0.3 is 10.1 Å². The summed E-state index contributed by atoms with van der Waals surface area (Å²) in [6, 6.07) is 0. The molecule has 1 saturated heterocycles. The predicted molar refractivity (Wildman–Crippen MR) is 73.1 cm³/mol. The molecule has 2 N–H and O–H groups in total. The van der Waals surface area contributed by atoms with Crippen LogP contribution in [0.3, 0.4) is 0 Å². The zero-order valence-corrected chi connectivity index (χ0v) is 12.3. The molecule has 108 valence electrons. The van der Waals surface area contributed by atoms with Crippen LogP contribution in [0.15, 0.2) is 0 Å². The molecule has 1 fully saturated rings. The third-order valence-electron chi connectivity index (χ3n) is 3.26. The topological polar surface area (TPSA) is 67.4 Å². The van der Waals surface area contributed by atoms with Crippen LogP contribution in [-0.4, -0.2) is 46.0 Å². The largest absolute Gasteiger partial charge is 0.378 e. The number of rotatable bonds is 8. The fourth-order valence-electron chi connectivity index (χ4n) is 2.00. The molecule has 2 unspecified atom stereocenters. The normalized spacial score (nSPS) is 22.9. The lowest BCUT2D eigenvalue weighted by molar-refractivity contribution is 0.0123. The van der Waals surface area contributed by atoms with E-state index in [0.717, 1.165) is 32.4 Å². The molecule has 0 aromatic rings. The van der Waals surface area contributed by atoms with E-state index in [1.807, 2.05) is 6.92 Å². The van der Waals surface area contributed by atoms with E-state index in [9.17, 15) is 8.42 Å². The van der Waals surface area contributed by atoms with Crippen LogP contribution in [0.2, 0.25) is 0 Å². The molecule has 0 aromatic heterocycles. The van der Waals surface area contributed by atoms with Crippen LogP contribution < -0.4 is 10.0 Å². The summed E-state index contributed by atoms with van der Waals surface area (Å²) in [5.41, 5.74) is 0. The first-order valence-corrected chi connectivity index (χ1v) is 8.41. The van der Waals surface area contributed by atoms with Gasteiger partial charge in [-0.3, -0.25) is 0 Å². The molecule has 6 heteroatoms. The predicted octanol–water partition coefficient (Wildman–Crippen LogP) is 0.863. The summed E-state index contributed by atoms with van der Waals surface area (Å²) < 4.78 is 32.0. The second kappa shape index (κ2) is 8.09. The van der Waals surface area contributed by atoms with E-state index >= 15 is 0 Å². The van der Waals surface area contributed by atoms with Gasteiger partial charge in [-0.05, 0) is 39.2 Å². The molecule has 1 aliphatic heterocycles. The van der Waals surface area contributed by atoms with Crippen molar-refractivity contribution in [1.29, 1.82) is 0 Å². The van der Waals surface area contributed by atoms with Crippen molar-refractivity contribution in [3.05, 3.63) is 0 Å². The summed E-state index contributed by atoms with van der Waals surface area (Å²) in [7, 11) is -3.20. The quantitative estimate of drug-likeness (QED) is 0.691. The van der Waals surface area contributed by atoms with Gasteiger partial charge in [-0.25, -0.2) is 13.1 Å². The molecule has 1 rings (SSSR count). The fourth-order valence-corrected chi connectivity index (χ4v) is 3.02. The molecular weight excluding hydrogens is 252 g/mol. The maximum Gasteiger partial charge on any atom is 0.215 e. The van der Waals surface area contributed by atoms with Crippen molar-refractivity contribution < 1.29 is 13.2 Å². The van der Waals surface area contributed by atoms with Crippen LogP contribution in [0.4, 0.5) is 0 Å². The van der Waals surface area contributed by atoms with Crippen LogP contribution in [0.1, 0.15) is 39.5 Å². The first-order chi connectivity index (χ1) is 8.56. The zero-order chi connectivity index (χ0) is 13.4. The highest BCUT2D eigenvalue weighted by atomic mass is 32.2. The molecule has 0 saturated carbocycles. The zero-order valence-electron chi connectivity index (χ0n) is 11.4.